The quantitative estimate of drug-likeness (QED) is 0.381. The highest BCUT2D eigenvalue weighted by Gasteiger charge is 2.07. The monoisotopic (exact) mass is 310 g/mol. The minimum Gasteiger partial charge on any atom is -0.457 e. The lowest BCUT2D eigenvalue weighted by Crippen LogP contribution is -1.88. The molecule has 0 N–H and O–H groups in total. The summed E-state index contributed by atoms with van der Waals surface area (Å²) in [5.74, 6) is 1.72. The van der Waals surface area contributed by atoms with E-state index in [4.69, 9.17) is 4.74 Å². The number of aryl methyl sites for hydroxylation is 1. The smallest absolute Gasteiger partial charge is 0.135 e. The van der Waals surface area contributed by atoms with Crippen LogP contribution in [0.25, 0.3) is 27.6 Å². The molecular formula is C23H18O. The van der Waals surface area contributed by atoms with Crippen molar-refractivity contribution in [3.8, 4) is 11.5 Å². The summed E-state index contributed by atoms with van der Waals surface area (Å²) in [4.78, 5) is 0. The molecule has 0 aromatic heterocycles. The Morgan fingerprint density at radius 3 is 2.46 bits per heavy atom. The van der Waals surface area contributed by atoms with Crippen LogP contribution < -0.4 is 4.74 Å². The molecule has 0 fully saturated rings. The molecule has 0 spiro atoms. The van der Waals surface area contributed by atoms with Crippen LogP contribution in [0.15, 0.2) is 79.4 Å². The third-order valence-corrected chi connectivity index (χ3v) is 4.44. The first-order valence-electron chi connectivity index (χ1n) is 8.08. The number of hydrogen-bond donors (Lipinski definition) is 0. The van der Waals surface area contributed by atoms with Gasteiger partial charge in [-0.25, -0.2) is 0 Å². The summed E-state index contributed by atoms with van der Waals surface area (Å²) in [5.41, 5.74) is 2.29. The van der Waals surface area contributed by atoms with E-state index >= 15 is 0 Å². The molecule has 4 aromatic rings. The number of ether oxygens (including phenoxy) is 1. The van der Waals surface area contributed by atoms with Gasteiger partial charge in [0.2, 0.25) is 0 Å². The van der Waals surface area contributed by atoms with Crippen LogP contribution in [0.4, 0.5) is 0 Å². The van der Waals surface area contributed by atoms with Gasteiger partial charge >= 0.3 is 0 Å². The molecule has 1 heteroatoms. The predicted octanol–water partition coefficient (Wildman–Crippen LogP) is 6.74. The van der Waals surface area contributed by atoms with Gasteiger partial charge in [-0.05, 0) is 58.5 Å². The lowest BCUT2D eigenvalue weighted by atomic mass is 10.0. The zero-order valence-electron chi connectivity index (χ0n) is 13.6. The maximum atomic E-state index is 6.19. The van der Waals surface area contributed by atoms with Crippen molar-refractivity contribution in [2.24, 2.45) is 0 Å². The maximum Gasteiger partial charge on any atom is 0.135 e. The SMILES string of the molecule is C=Cc1ccc(Oc2cccc3c2ccc2ccccc23)cc1C. The van der Waals surface area contributed by atoms with Crippen molar-refractivity contribution in [1.82, 2.24) is 0 Å². The lowest BCUT2D eigenvalue weighted by Gasteiger charge is -2.12. The third-order valence-electron chi connectivity index (χ3n) is 4.44. The summed E-state index contributed by atoms with van der Waals surface area (Å²) in [6, 6.07) is 25.0. The zero-order valence-corrected chi connectivity index (χ0v) is 13.6. The number of benzene rings is 4. The Balaban J connectivity index is 1.84. The first kappa shape index (κ1) is 14.5. The summed E-state index contributed by atoms with van der Waals surface area (Å²) in [7, 11) is 0. The normalized spacial score (nSPS) is 10.9. The second kappa shape index (κ2) is 5.86. The fraction of sp³-hybridized carbons (Fsp3) is 0.0435. The van der Waals surface area contributed by atoms with Gasteiger partial charge in [-0.3, -0.25) is 0 Å². The molecule has 0 saturated carbocycles. The van der Waals surface area contributed by atoms with Crippen molar-refractivity contribution >= 4 is 27.6 Å². The first-order chi connectivity index (χ1) is 11.8. The highest BCUT2D eigenvalue weighted by atomic mass is 16.5. The Labute approximate surface area is 141 Å². The molecule has 0 unspecified atom stereocenters. The standard InChI is InChI=1S/C23H18O/c1-3-17-11-13-19(15-16(17)2)24-23-10-6-9-21-20-8-5-4-7-18(20)12-14-22(21)23/h3-15H,1H2,2H3. The van der Waals surface area contributed by atoms with Gasteiger partial charge in [0.25, 0.3) is 0 Å². The molecule has 0 aliphatic carbocycles. The highest BCUT2D eigenvalue weighted by molar-refractivity contribution is 6.09. The molecular weight excluding hydrogens is 292 g/mol. The summed E-state index contributed by atoms with van der Waals surface area (Å²) in [5, 5.41) is 4.83. The molecule has 4 rings (SSSR count). The van der Waals surface area contributed by atoms with Crippen LogP contribution in [0.2, 0.25) is 0 Å². The number of hydrogen-bond acceptors (Lipinski definition) is 1. The second-order valence-corrected chi connectivity index (χ2v) is 5.96. The Hall–Kier alpha value is -3.06. The molecule has 0 bridgehead atoms. The molecule has 4 aromatic carbocycles. The molecule has 0 saturated heterocycles. The van der Waals surface area contributed by atoms with E-state index in [2.05, 4.69) is 68.1 Å². The first-order valence-corrected chi connectivity index (χ1v) is 8.08. The van der Waals surface area contributed by atoms with Gasteiger partial charge < -0.3 is 4.74 Å². The van der Waals surface area contributed by atoms with E-state index in [-0.39, 0.29) is 0 Å². The van der Waals surface area contributed by atoms with E-state index in [1.165, 1.54) is 16.2 Å². The number of fused-ring (bicyclic) bond motifs is 3. The van der Waals surface area contributed by atoms with Gasteiger partial charge in [0.1, 0.15) is 11.5 Å². The van der Waals surface area contributed by atoms with Gasteiger partial charge in [0, 0.05) is 5.39 Å². The van der Waals surface area contributed by atoms with E-state index in [0.29, 0.717) is 0 Å². The number of rotatable bonds is 3. The molecule has 0 atom stereocenters. The summed E-state index contributed by atoms with van der Waals surface area (Å²) in [6.45, 7) is 5.90. The molecule has 0 radical (unpaired) electrons. The maximum absolute atomic E-state index is 6.19. The average Bonchev–Trinajstić information content (AvgIpc) is 2.62. The molecule has 24 heavy (non-hydrogen) atoms. The van der Waals surface area contributed by atoms with E-state index < -0.39 is 0 Å². The van der Waals surface area contributed by atoms with Crippen LogP contribution in [0.3, 0.4) is 0 Å². The minimum atomic E-state index is 0.846. The van der Waals surface area contributed by atoms with Crippen molar-refractivity contribution in [2.45, 2.75) is 6.92 Å². The highest BCUT2D eigenvalue weighted by Crippen LogP contribution is 2.34. The van der Waals surface area contributed by atoms with E-state index in [9.17, 15) is 0 Å². The fourth-order valence-electron chi connectivity index (χ4n) is 3.17. The molecule has 116 valence electrons. The van der Waals surface area contributed by atoms with E-state index in [0.717, 1.165) is 28.0 Å². The van der Waals surface area contributed by atoms with E-state index in [1.807, 2.05) is 24.3 Å². The molecule has 0 heterocycles. The van der Waals surface area contributed by atoms with Crippen molar-refractivity contribution in [3.05, 3.63) is 90.5 Å². The largest absolute Gasteiger partial charge is 0.457 e. The molecule has 1 nitrogen and oxygen atoms in total. The molecule has 0 aliphatic rings. The van der Waals surface area contributed by atoms with Gasteiger partial charge in [0.05, 0.1) is 0 Å². The van der Waals surface area contributed by atoms with Crippen molar-refractivity contribution < 1.29 is 4.74 Å². The molecule has 0 amide bonds. The van der Waals surface area contributed by atoms with Gasteiger partial charge in [-0.1, -0.05) is 61.2 Å². The van der Waals surface area contributed by atoms with Crippen LogP contribution in [-0.2, 0) is 0 Å². The van der Waals surface area contributed by atoms with Crippen LogP contribution in [-0.4, -0.2) is 0 Å². The summed E-state index contributed by atoms with van der Waals surface area (Å²) in [6.07, 6.45) is 1.86. The minimum absolute atomic E-state index is 0.846. The topological polar surface area (TPSA) is 9.23 Å². The Bertz CT molecular complexity index is 1060. The zero-order chi connectivity index (χ0) is 16.5. The lowest BCUT2D eigenvalue weighted by molar-refractivity contribution is 0.488. The second-order valence-electron chi connectivity index (χ2n) is 5.96. The van der Waals surface area contributed by atoms with Gasteiger partial charge in [-0.2, -0.15) is 0 Å². The Morgan fingerprint density at radius 2 is 1.62 bits per heavy atom. The predicted molar refractivity (Wildman–Crippen MR) is 103 cm³/mol. The molecule has 0 aliphatic heterocycles. The van der Waals surface area contributed by atoms with E-state index in [1.54, 1.807) is 0 Å². The Kier molecular flexibility index (Phi) is 3.55. The summed E-state index contributed by atoms with van der Waals surface area (Å²) >= 11 is 0. The van der Waals surface area contributed by atoms with Crippen LogP contribution in [0.5, 0.6) is 11.5 Å². The van der Waals surface area contributed by atoms with Crippen molar-refractivity contribution in [3.63, 3.8) is 0 Å². The fourth-order valence-corrected chi connectivity index (χ4v) is 3.17. The van der Waals surface area contributed by atoms with Crippen molar-refractivity contribution in [1.29, 1.82) is 0 Å². The average molecular weight is 310 g/mol. The summed E-state index contributed by atoms with van der Waals surface area (Å²) < 4.78 is 6.19. The van der Waals surface area contributed by atoms with Crippen LogP contribution in [0, 0.1) is 6.92 Å². The van der Waals surface area contributed by atoms with Gasteiger partial charge in [-0.15, -0.1) is 0 Å². The third kappa shape index (κ3) is 2.44. The van der Waals surface area contributed by atoms with Crippen molar-refractivity contribution in [2.75, 3.05) is 0 Å². The Morgan fingerprint density at radius 1 is 0.792 bits per heavy atom. The van der Waals surface area contributed by atoms with Gasteiger partial charge in [0.15, 0.2) is 0 Å². The van der Waals surface area contributed by atoms with Crippen LogP contribution in [0.1, 0.15) is 11.1 Å². The van der Waals surface area contributed by atoms with Crippen LogP contribution >= 0.6 is 0 Å².